The molecule has 2 aromatic heterocycles. The predicted octanol–water partition coefficient (Wildman–Crippen LogP) is 3.23. The second kappa shape index (κ2) is 5.61. The Bertz CT molecular complexity index is 1200. The van der Waals surface area contributed by atoms with Gasteiger partial charge in [-0.05, 0) is 37.5 Å². The monoisotopic (exact) mass is 370 g/mol. The molecule has 3 aromatic rings. The number of hydrogen-bond donors (Lipinski definition) is 1. The first-order valence-corrected chi connectivity index (χ1v) is 9.98. The lowest BCUT2D eigenvalue weighted by Gasteiger charge is -2.12. The summed E-state index contributed by atoms with van der Waals surface area (Å²) in [6.45, 7) is 1.61. The van der Waals surface area contributed by atoms with Crippen LogP contribution in [0.2, 0.25) is 0 Å². The number of fused-ring (bicyclic) bond motifs is 1. The highest BCUT2D eigenvalue weighted by Crippen LogP contribution is 2.45. The van der Waals surface area contributed by atoms with E-state index in [4.69, 9.17) is 0 Å². The fourth-order valence-corrected chi connectivity index (χ4v) is 4.27. The van der Waals surface area contributed by atoms with Gasteiger partial charge in [-0.15, -0.1) is 0 Å². The van der Waals surface area contributed by atoms with Crippen molar-refractivity contribution in [3.8, 4) is 17.2 Å². The summed E-state index contributed by atoms with van der Waals surface area (Å²) in [4.78, 5) is 4.05. The molecule has 0 spiro atoms. The molecule has 6 nitrogen and oxygen atoms in total. The number of H-pyrrole nitrogens is 1. The summed E-state index contributed by atoms with van der Waals surface area (Å²) < 4.78 is 38.6. The molecule has 1 fully saturated rings. The lowest BCUT2D eigenvalue weighted by Crippen LogP contribution is -2.03. The Morgan fingerprint density at radius 1 is 1.35 bits per heavy atom. The van der Waals surface area contributed by atoms with E-state index in [2.05, 4.69) is 15.2 Å². The molecule has 2 heterocycles. The van der Waals surface area contributed by atoms with Crippen LogP contribution in [0.3, 0.4) is 0 Å². The van der Waals surface area contributed by atoms with Crippen molar-refractivity contribution in [2.45, 2.75) is 30.6 Å². The van der Waals surface area contributed by atoms with Crippen LogP contribution in [0.5, 0.6) is 0 Å². The Labute approximate surface area is 149 Å². The highest BCUT2D eigenvalue weighted by Gasteiger charge is 2.30. The maximum Gasteiger partial charge on any atom is 0.175 e. The van der Waals surface area contributed by atoms with Crippen LogP contribution in [-0.2, 0) is 9.84 Å². The summed E-state index contributed by atoms with van der Waals surface area (Å²) in [6.07, 6.45) is 4.55. The van der Waals surface area contributed by atoms with E-state index in [-0.39, 0.29) is 16.2 Å². The number of pyridine rings is 1. The molecule has 4 rings (SSSR count). The van der Waals surface area contributed by atoms with Gasteiger partial charge in [0.1, 0.15) is 23.1 Å². The van der Waals surface area contributed by atoms with Gasteiger partial charge < -0.3 is 0 Å². The van der Waals surface area contributed by atoms with Crippen LogP contribution in [0.1, 0.15) is 35.7 Å². The summed E-state index contributed by atoms with van der Waals surface area (Å²) >= 11 is 0. The zero-order valence-corrected chi connectivity index (χ0v) is 15.0. The topological polar surface area (TPSA) is 99.5 Å². The molecule has 1 aliphatic carbocycles. The second-order valence-corrected chi connectivity index (χ2v) is 8.62. The second-order valence-electron chi connectivity index (χ2n) is 6.64. The molecule has 0 saturated heterocycles. The molecular formula is C18H15FN4O2S. The van der Waals surface area contributed by atoms with Crippen molar-refractivity contribution in [2.75, 3.05) is 6.26 Å². The van der Waals surface area contributed by atoms with Gasteiger partial charge in [0, 0.05) is 34.4 Å². The number of nitrogens with zero attached hydrogens (tertiary/aromatic N) is 3. The zero-order valence-electron chi connectivity index (χ0n) is 14.2. The number of aryl methyl sites for hydroxylation is 1. The van der Waals surface area contributed by atoms with Crippen molar-refractivity contribution in [3.05, 3.63) is 41.1 Å². The van der Waals surface area contributed by atoms with E-state index in [9.17, 15) is 18.1 Å². The third kappa shape index (κ3) is 2.56. The Morgan fingerprint density at radius 3 is 2.69 bits per heavy atom. The molecule has 1 saturated carbocycles. The lowest BCUT2D eigenvalue weighted by molar-refractivity contribution is 0.595. The van der Waals surface area contributed by atoms with Crippen molar-refractivity contribution in [1.29, 1.82) is 5.26 Å². The van der Waals surface area contributed by atoms with Crippen LogP contribution in [-0.4, -0.2) is 29.9 Å². The van der Waals surface area contributed by atoms with Crippen LogP contribution in [0.15, 0.2) is 23.2 Å². The van der Waals surface area contributed by atoms with Crippen LogP contribution >= 0.6 is 0 Å². The summed E-state index contributed by atoms with van der Waals surface area (Å²) in [6, 6.07) is 4.49. The van der Waals surface area contributed by atoms with Crippen LogP contribution < -0.4 is 0 Å². The molecule has 1 aliphatic rings. The molecule has 132 valence electrons. The van der Waals surface area contributed by atoms with E-state index in [1.54, 1.807) is 6.92 Å². The van der Waals surface area contributed by atoms with Gasteiger partial charge in [-0.2, -0.15) is 10.4 Å². The Hall–Kier alpha value is -2.79. The van der Waals surface area contributed by atoms with Gasteiger partial charge in [0.2, 0.25) is 0 Å². The average molecular weight is 370 g/mol. The number of rotatable bonds is 3. The minimum Gasteiger partial charge on any atom is -0.281 e. The molecule has 1 N–H and O–H groups in total. The Morgan fingerprint density at radius 2 is 2.08 bits per heavy atom. The molecule has 0 aliphatic heterocycles. The molecule has 0 bridgehead atoms. The minimum absolute atomic E-state index is 0.0630. The maximum atomic E-state index is 14.9. The molecular weight excluding hydrogens is 355 g/mol. The molecule has 0 amide bonds. The quantitative estimate of drug-likeness (QED) is 0.763. The number of nitriles is 1. The lowest BCUT2D eigenvalue weighted by atomic mass is 9.96. The largest absolute Gasteiger partial charge is 0.281 e. The van der Waals surface area contributed by atoms with Crippen molar-refractivity contribution in [1.82, 2.24) is 15.2 Å². The number of aromatic amines is 1. The molecule has 0 atom stereocenters. The molecule has 0 unspecified atom stereocenters. The summed E-state index contributed by atoms with van der Waals surface area (Å²) in [7, 11) is -3.55. The van der Waals surface area contributed by atoms with Crippen molar-refractivity contribution < 1.29 is 12.8 Å². The summed E-state index contributed by atoms with van der Waals surface area (Å²) in [5.41, 5.74) is 2.46. The van der Waals surface area contributed by atoms with E-state index < -0.39 is 15.7 Å². The third-order valence-corrected chi connectivity index (χ3v) is 5.89. The Balaban J connectivity index is 2.07. The van der Waals surface area contributed by atoms with Crippen molar-refractivity contribution in [2.24, 2.45) is 0 Å². The van der Waals surface area contributed by atoms with Crippen LogP contribution in [0.25, 0.3) is 22.0 Å². The van der Waals surface area contributed by atoms with Gasteiger partial charge in [0.15, 0.2) is 9.84 Å². The van der Waals surface area contributed by atoms with E-state index in [0.717, 1.165) is 30.9 Å². The molecule has 1 aromatic carbocycles. The number of hydrogen-bond acceptors (Lipinski definition) is 5. The SMILES string of the molecule is Cc1cc(-c2c(C#N)ncc3n[nH]c(C4CC4)c23)c(F)cc1S(C)(=O)=O. The zero-order chi connectivity index (χ0) is 18.6. The van der Waals surface area contributed by atoms with E-state index in [1.807, 2.05) is 6.07 Å². The van der Waals surface area contributed by atoms with E-state index in [1.165, 1.54) is 12.3 Å². The number of sulfone groups is 1. The standard InChI is InChI=1S/C18H15FN4O2S/c1-9-5-11(12(19)6-15(9)26(2,24)25)16-13(7-20)21-8-14-17(16)18(23-22-14)10-3-4-10/h5-6,8,10H,3-4H2,1-2H3,(H,22,23). The molecule has 8 heteroatoms. The summed E-state index contributed by atoms with van der Waals surface area (Å²) in [5, 5.41) is 17.4. The highest BCUT2D eigenvalue weighted by molar-refractivity contribution is 7.90. The van der Waals surface area contributed by atoms with Crippen molar-refractivity contribution >= 4 is 20.7 Å². The van der Waals surface area contributed by atoms with Gasteiger partial charge >= 0.3 is 0 Å². The predicted molar refractivity (Wildman–Crippen MR) is 93.8 cm³/mol. The fourth-order valence-electron chi connectivity index (χ4n) is 3.30. The first-order valence-electron chi connectivity index (χ1n) is 8.09. The van der Waals surface area contributed by atoms with E-state index >= 15 is 0 Å². The van der Waals surface area contributed by atoms with Gasteiger partial charge in [0.25, 0.3) is 0 Å². The number of nitrogens with one attached hydrogen (secondary N) is 1. The van der Waals surface area contributed by atoms with E-state index in [0.29, 0.717) is 27.9 Å². The number of aromatic nitrogens is 3. The normalized spacial score (nSPS) is 14.5. The minimum atomic E-state index is -3.55. The van der Waals surface area contributed by atoms with Gasteiger partial charge in [-0.25, -0.2) is 17.8 Å². The van der Waals surface area contributed by atoms with Crippen LogP contribution in [0, 0.1) is 24.1 Å². The first-order chi connectivity index (χ1) is 12.3. The van der Waals surface area contributed by atoms with Gasteiger partial charge in [0.05, 0.1) is 11.1 Å². The fraction of sp³-hybridized carbons (Fsp3) is 0.278. The van der Waals surface area contributed by atoms with Crippen LogP contribution in [0.4, 0.5) is 4.39 Å². The maximum absolute atomic E-state index is 14.9. The number of benzene rings is 1. The summed E-state index contributed by atoms with van der Waals surface area (Å²) in [5.74, 6) is -0.392. The third-order valence-electron chi connectivity index (χ3n) is 4.65. The van der Waals surface area contributed by atoms with Gasteiger partial charge in [-0.3, -0.25) is 5.10 Å². The van der Waals surface area contributed by atoms with Gasteiger partial charge in [-0.1, -0.05) is 0 Å². The molecule has 0 radical (unpaired) electrons. The highest BCUT2D eigenvalue weighted by atomic mass is 32.2. The average Bonchev–Trinajstić information content (AvgIpc) is 3.34. The van der Waals surface area contributed by atoms with Crippen molar-refractivity contribution in [3.63, 3.8) is 0 Å². The first kappa shape index (κ1) is 16.7. The number of halogens is 1. The smallest absolute Gasteiger partial charge is 0.175 e. The Kier molecular flexibility index (Phi) is 3.59. The molecule has 26 heavy (non-hydrogen) atoms.